The Labute approximate surface area is 218 Å². The highest BCUT2D eigenvalue weighted by Crippen LogP contribution is 2.37. The molecule has 1 aliphatic rings. The quantitative estimate of drug-likeness (QED) is 0.498. The van der Waals surface area contributed by atoms with Gasteiger partial charge in [0.05, 0.1) is 28.8 Å². The van der Waals surface area contributed by atoms with Crippen LogP contribution in [-0.4, -0.2) is 57.9 Å². The first-order valence-electron chi connectivity index (χ1n) is 11.0. The highest BCUT2D eigenvalue weighted by Gasteiger charge is 2.49. The standard InChI is InChI=1S/C16H15N3O3S.C5H7F3O2.C3H6O2/c1-18-13-5-6-16-15(10-13)19(7-8-22-16)23(20,21)14-4-2-3-12(9-14)11-17;1-4(2,10-3-9)5(6,7)8;1-2-3(4)5/h2-6,9-10,18H,7-8H2,1H3;3H,1-2H3;2H2,1H3,(H,4,5). The molecule has 2 aromatic rings. The van der Waals surface area contributed by atoms with Crippen molar-refractivity contribution in [3.63, 3.8) is 0 Å². The highest BCUT2D eigenvalue weighted by molar-refractivity contribution is 7.92. The number of carbonyl (C=O) groups is 2. The van der Waals surface area contributed by atoms with Gasteiger partial charge in [0.2, 0.25) is 5.60 Å². The number of nitrogens with one attached hydrogen (secondary N) is 1. The molecule has 10 nitrogen and oxygen atoms in total. The normalized spacial score (nSPS) is 12.6. The van der Waals surface area contributed by atoms with Gasteiger partial charge in [0.15, 0.2) is 0 Å². The second kappa shape index (κ2) is 13.5. The largest absolute Gasteiger partial charge is 0.489 e. The minimum atomic E-state index is -4.51. The lowest BCUT2D eigenvalue weighted by atomic mass is 10.1. The molecule has 208 valence electrons. The Morgan fingerprint density at radius 2 is 1.89 bits per heavy atom. The van der Waals surface area contributed by atoms with Gasteiger partial charge in [-0.2, -0.15) is 18.4 Å². The van der Waals surface area contributed by atoms with E-state index < -0.39 is 27.8 Å². The molecule has 3 rings (SSSR count). The number of aliphatic carboxylic acids is 1. The number of carbonyl (C=O) groups excluding carboxylic acids is 1. The molecule has 38 heavy (non-hydrogen) atoms. The van der Waals surface area contributed by atoms with E-state index in [0.29, 0.717) is 17.0 Å². The lowest BCUT2D eigenvalue weighted by Gasteiger charge is -2.30. The summed E-state index contributed by atoms with van der Waals surface area (Å²) in [6.45, 7) is 3.45. The summed E-state index contributed by atoms with van der Waals surface area (Å²) in [5.74, 6) is -0.222. The first kappa shape index (κ1) is 32.0. The summed E-state index contributed by atoms with van der Waals surface area (Å²) in [5, 5.41) is 19.7. The minimum Gasteiger partial charge on any atom is -0.489 e. The van der Waals surface area contributed by atoms with E-state index in [1.807, 2.05) is 12.1 Å². The van der Waals surface area contributed by atoms with Crippen molar-refractivity contribution in [2.24, 2.45) is 0 Å². The van der Waals surface area contributed by atoms with Crippen LogP contribution in [0.15, 0.2) is 47.4 Å². The van der Waals surface area contributed by atoms with E-state index in [4.69, 9.17) is 15.1 Å². The number of alkyl halides is 3. The van der Waals surface area contributed by atoms with Gasteiger partial charge in [-0.05, 0) is 50.2 Å². The number of carboxylic acid groups (broad SMARTS) is 1. The number of sulfonamides is 1. The summed E-state index contributed by atoms with van der Waals surface area (Å²) >= 11 is 0. The SMILES string of the molecule is CC(C)(OC=O)C(F)(F)F.CCC(=O)O.CNc1ccc2c(c1)N(S(=O)(=O)c1cccc(C#N)c1)CCO2. The number of hydrogen-bond acceptors (Lipinski definition) is 8. The maximum Gasteiger partial charge on any atom is 0.427 e. The Hall–Kier alpha value is -3.99. The average molecular weight is 560 g/mol. The fourth-order valence-corrected chi connectivity index (χ4v) is 4.14. The van der Waals surface area contributed by atoms with Gasteiger partial charge in [-0.25, -0.2) is 8.42 Å². The van der Waals surface area contributed by atoms with E-state index in [1.165, 1.54) is 16.4 Å². The predicted octanol–water partition coefficient (Wildman–Crippen LogP) is 4.17. The summed E-state index contributed by atoms with van der Waals surface area (Å²) in [6, 6.07) is 13.3. The van der Waals surface area contributed by atoms with Gasteiger partial charge < -0.3 is 19.9 Å². The number of nitriles is 1. The van der Waals surface area contributed by atoms with Crippen LogP contribution in [-0.2, 0) is 24.3 Å². The van der Waals surface area contributed by atoms with Crippen molar-refractivity contribution in [2.45, 2.75) is 43.9 Å². The summed E-state index contributed by atoms with van der Waals surface area (Å²) in [5.41, 5.74) is -0.788. The minimum absolute atomic E-state index is 0.0965. The second-order valence-corrected chi connectivity index (χ2v) is 9.83. The van der Waals surface area contributed by atoms with Crippen molar-refractivity contribution in [1.29, 1.82) is 5.26 Å². The van der Waals surface area contributed by atoms with Crippen molar-refractivity contribution >= 4 is 33.8 Å². The zero-order valence-corrected chi connectivity index (χ0v) is 21.9. The fraction of sp³-hybridized carbons (Fsp3) is 0.375. The summed E-state index contributed by atoms with van der Waals surface area (Å²) in [7, 11) is -1.99. The maximum absolute atomic E-state index is 13.0. The Bertz CT molecular complexity index is 1260. The molecule has 0 saturated heterocycles. The third-order valence-electron chi connectivity index (χ3n) is 4.95. The van der Waals surface area contributed by atoms with Gasteiger partial charge in [-0.3, -0.25) is 13.9 Å². The molecule has 0 aromatic heterocycles. The van der Waals surface area contributed by atoms with Crippen LogP contribution in [0.4, 0.5) is 24.5 Å². The molecule has 0 saturated carbocycles. The van der Waals surface area contributed by atoms with Crippen LogP contribution in [0.1, 0.15) is 32.8 Å². The Morgan fingerprint density at radius 1 is 1.26 bits per heavy atom. The summed E-state index contributed by atoms with van der Waals surface area (Å²) in [6.07, 6.45) is -4.28. The smallest absolute Gasteiger partial charge is 0.427 e. The molecular formula is C24H28F3N3O7S. The molecule has 1 aliphatic heterocycles. The van der Waals surface area contributed by atoms with Crippen molar-refractivity contribution in [1.82, 2.24) is 0 Å². The Morgan fingerprint density at radius 3 is 2.37 bits per heavy atom. The van der Waals surface area contributed by atoms with E-state index in [9.17, 15) is 31.2 Å². The van der Waals surface area contributed by atoms with Crippen LogP contribution in [0.5, 0.6) is 5.75 Å². The van der Waals surface area contributed by atoms with E-state index in [2.05, 4.69) is 10.1 Å². The van der Waals surface area contributed by atoms with Crippen LogP contribution < -0.4 is 14.4 Å². The molecule has 0 spiro atoms. The molecule has 0 atom stereocenters. The first-order chi connectivity index (χ1) is 17.6. The topological polar surface area (TPSA) is 146 Å². The van der Waals surface area contributed by atoms with E-state index >= 15 is 0 Å². The van der Waals surface area contributed by atoms with Crippen molar-refractivity contribution in [3.8, 4) is 11.8 Å². The third kappa shape index (κ3) is 8.55. The maximum atomic E-state index is 13.0. The monoisotopic (exact) mass is 559 g/mol. The number of fused-ring (bicyclic) bond motifs is 1. The molecule has 0 amide bonds. The summed E-state index contributed by atoms with van der Waals surface area (Å²) < 4.78 is 71.8. The average Bonchev–Trinajstić information content (AvgIpc) is 2.88. The molecule has 0 fully saturated rings. The van der Waals surface area contributed by atoms with Gasteiger partial charge in [0, 0.05) is 19.2 Å². The second-order valence-electron chi connectivity index (χ2n) is 7.97. The van der Waals surface area contributed by atoms with Gasteiger partial charge in [0.1, 0.15) is 12.4 Å². The van der Waals surface area contributed by atoms with E-state index in [-0.39, 0.29) is 30.9 Å². The third-order valence-corrected chi connectivity index (χ3v) is 6.76. The van der Waals surface area contributed by atoms with Gasteiger partial charge in [0.25, 0.3) is 16.5 Å². The number of carboxylic acids is 1. The van der Waals surface area contributed by atoms with Gasteiger partial charge in [-0.15, -0.1) is 0 Å². The van der Waals surface area contributed by atoms with Crippen molar-refractivity contribution in [3.05, 3.63) is 48.0 Å². The zero-order chi connectivity index (χ0) is 29.1. The Kier molecular flexibility index (Phi) is 11.4. The number of anilines is 2. The molecule has 0 radical (unpaired) electrons. The molecule has 0 aliphatic carbocycles. The number of nitrogens with zero attached hydrogens (tertiary/aromatic N) is 2. The molecule has 0 bridgehead atoms. The molecular weight excluding hydrogens is 531 g/mol. The molecule has 1 heterocycles. The first-order valence-corrected chi connectivity index (χ1v) is 12.5. The van der Waals surface area contributed by atoms with Crippen LogP contribution >= 0.6 is 0 Å². The van der Waals surface area contributed by atoms with E-state index in [1.54, 1.807) is 38.2 Å². The lowest BCUT2D eigenvalue weighted by Crippen LogP contribution is -2.41. The molecule has 2 aromatic carbocycles. The van der Waals surface area contributed by atoms with E-state index in [0.717, 1.165) is 19.5 Å². The molecule has 2 N–H and O–H groups in total. The molecule has 14 heteroatoms. The predicted molar refractivity (Wildman–Crippen MR) is 132 cm³/mol. The fourth-order valence-electron chi connectivity index (χ4n) is 2.64. The molecule has 0 unspecified atom stereocenters. The lowest BCUT2D eigenvalue weighted by molar-refractivity contribution is -0.251. The van der Waals surface area contributed by atoms with Crippen molar-refractivity contribution < 1.29 is 45.8 Å². The summed E-state index contributed by atoms with van der Waals surface area (Å²) in [4.78, 5) is 19.0. The van der Waals surface area contributed by atoms with Gasteiger partial charge in [-0.1, -0.05) is 13.0 Å². The van der Waals surface area contributed by atoms with Crippen LogP contribution in [0.3, 0.4) is 0 Å². The van der Waals surface area contributed by atoms with Crippen LogP contribution in [0.2, 0.25) is 0 Å². The number of halogens is 3. The van der Waals surface area contributed by atoms with Crippen LogP contribution in [0, 0.1) is 11.3 Å². The number of rotatable bonds is 6. The van der Waals surface area contributed by atoms with Crippen molar-refractivity contribution in [2.75, 3.05) is 29.8 Å². The van der Waals surface area contributed by atoms with Crippen LogP contribution in [0.25, 0.3) is 0 Å². The Balaban J connectivity index is 0.000000401. The highest BCUT2D eigenvalue weighted by atomic mass is 32.2. The zero-order valence-electron chi connectivity index (χ0n) is 21.1. The number of ether oxygens (including phenoxy) is 2. The number of hydrogen-bond donors (Lipinski definition) is 2. The van der Waals surface area contributed by atoms with Gasteiger partial charge >= 0.3 is 12.1 Å². The number of benzene rings is 2.